The SMILES string of the molecule is CC(C)(C)OC(=O)N1CC2C(Oc3nccc(Nc4ccc(S(C)(=O)=O)cc4F)c3F)C3COCC32C1. The molecule has 1 amide bonds. The minimum atomic E-state index is -3.59. The summed E-state index contributed by atoms with van der Waals surface area (Å²) in [6.07, 6.45) is 1.49. The molecule has 37 heavy (non-hydrogen) atoms. The van der Waals surface area contributed by atoms with Gasteiger partial charge in [0, 0.05) is 42.8 Å². The fourth-order valence-corrected chi connectivity index (χ4v) is 6.13. The van der Waals surface area contributed by atoms with Gasteiger partial charge in [0.1, 0.15) is 17.5 Å². The second-order valence-corrected chi connectivity index (χ2v) is 12.9. The van der Waals surface area contributed by atoms with Crippen molar-refractivity contribution >= 4 is 27.3 Å². The molecule has 0 bridgehead atoms. The van der Waals surface area contributed by atoms with E-state index in [9.17, 15) is 17.6 Å². The van der Waals surface area contributed by atoms with Crippen molar-refractivity contribution < 1.29 is 36.2 Å². The molecule has 3 aliphatic rings. The van der Waals surface area contributed by atoms with Crippen LogP contribution in [0.3, 0.4) is 0 Å². The number of amides is 1. The molecule has 5 rings (SSSR count). The summed E-state index contributed by atoms with van der Waals surface area (Å²) in [5.41, 5.74) is -1.06. The number of anilines is 2. The number of ether oxygens (including phenoxy) is 3. The third kappa shape index (κ3) is 4.61. The Labute approximate surface area is 214 Å². The summed E-state index contributed by atoms with van der Waals surface area (Å²) in [4.78, 5) is 18.2. The van der Waals surface area contributed by atoms with E-state index in [0.717, 1.165) is 12.3 Å². The number of carbonyl (C=O) groups is 1. The van der Waals surface area contributed by atoms with Gasteiger partial charge in [-0.1, -0.05) is 0 Å². The highest BCUT2D eigenvalue weighted by molar-refractivity contribution is 7.90. The van der Waals surface area contributed by atoms with Crippen molar-refractivity contribution in [3.8, 4) is 5.88 Å². The Kier molecular flexibility index (Phi) is 6.10. The molecule has 0 radical (unpaired) electrons. The Morgan fingerprint density at radius 3 is 2.65 bits per heavy atom. The van der Waals surface area contributed by atoms with Crippen LogP contribution in [-0.4, -0.2) is 68.7 Å². The van der Waals surface area contributed by atoms with Crippen LogP contribution in [0.1, 0.15) is 20.8 Å². The molecule has 4 unspecified atom stereocenters. The third-order valence-electron chi connectivity index (χ3n) is 7.24. The normalized spacial score (nSPS) is 26.8. The lowest BCUT2D eigenvalue weighted by molar-refractivity contribution is -0.103. The highest BCUT2D eigenvalue weighted by Gasteiger charge is 2.70. The van der Waals surface area contributed by atoms with E-state index < -0.39 is 39.3 Å². The minimum Gasteiger partial charge on any atom is -0.471 e. The summed E-state index contributed by atoms with van der Waals surface area (Å²) < 4.78 is 70.5. The first-order valence-corrected chi connectivity index (χ1v) is 13.8. The minimum absolute atomic E-state index is 0.0382. The first-order chi connectivity index (χ1) is 17.3. The highest BCUT2D eigenvalue weighted by Crippen LogP contribution is 2.60. The van der Waals surface area contributed by atoms with E-state index >= 15 is 4.39 Å². The molecule has 2 aromatic rings. The number of hydrogen-bond donors (Lipinski definition) is 1. The van der Waals surface area contributed by atoms with E-state index in [1.165, 1.54) is 24.4 Å². The molecule has 1 saturated carbocycles. The number of hydrogen-bond acceptors (Lipinski definition) is 8. The zero-order valence-corrected chi connectivity index (χ0v) is 21.8. The van der Waals surface area contributed by atoms with Crippen LogP contribution < -0.4 is 10.1 Å². The highest BCUT2D eigenvalue weighted by atomic mass is 32.2. The number of benzene rings is 1. The summed E-state index contributed by atoms with van der Waals surface area (Å²) in [6.45, 7) is 7.23. The summed E-state index contributed by atoms with van der Waals surface area (Å²) in [5.74, 6) is -2.02. The van der Waals surface area contributed by atoms with Gasteiger partial charge in [0.15, 0.2) is 9.84 Å². The number of sulfone groups is 1. The maximum Gasteiger partial charge on any atom is 0.410 e. The van der Waals surface area contributed by atoms with E-state index in [4.69, 9.17) is 14.2 Å². The van der Waals surface area contributed by atoms with Gasteiger partial charge in [0.05, 0.1) is 29.5 Å². The summed E-state index contributed by atoms with van der Waals surface area (Å²) >= 11 is 0. The molecule has 1 aromatic heterocycles. The van der Waals surface area contributed by atoms with Gasteiger partial charge in [-0.25, -0.2) is 22.6 Å². The molecular weight excluding hydrogens is 508 g/mol. The predicted molar refractivity (Wildman–Crippen MR) is 129 cm³/mol. The molecule has 4 atom stereocenters. The molecule has 9 nitrogen and oxygen atoms in total. The fourth-order valence-electron chi connectivity index (χ4n) is 5.50. The molecule has 2 aliphatic heterocycles. The van der Waals surface area contributed by atoms with Crippen LogP contribution in [0.5, 0.6) is 5.88 Å². The van der Waals surface area contributed by atoms with Crippen molar-refractivity contribution in [2.75, 3.05) is 37.9 Å². The largest absolute Gasteiger partial charge is 0.471 e. The van der Waals surface area contributed by atoms with Crippen molar-refractivity contribution in [1.29, 1.82) is 0 Å². The average Bonchev–Trinajstić information content (AvgIpc) is 3.32. The van der Waals surface area contributed by atoms with Gasteiger partial charge in [-0.2, -0.15) is 4.39 Å². The van der Waals surface area contributed by atoms with Crippen LogP contribution >= 0.6 is 0 Å². The lowest BCUT2D eigenvalue weighted by Gasteiger charge is -2.51. The van der Waals surface area contributed by atoms with Crippen molar-refractivity contribution in [2.24, 2.45) is 17.3 Å². The Hall–Kier alpha value is -2.99. The molecule has 3 fully saturated rings. The number of rotatable bonds is 5. The molecule has 1 aromatic carbocycles. The van der Waals surface area contributed by atoms with Crippen LogP contribution in [0.2, 0.25) is 0 Å². The van der Waals surface area contributed by atoms with Crippen LogP contribution in [0.15, 0.2) is 35.4 Å². The quantitative estimate of drug-likeness (QED) is 0.615. The van der Waals surface area contributed by atoms with Crippen LogP contribution in [-0.2, 0) is 19.3 Å². The Morgan fingerprint density at radius 2 is 1.97 bits per heavy atom. The molecule has 2 saturated heterocycles. The number of aromatic nitrogens is 1. The maximum atomic E-state index is 15.4. The van der Waals surface area contributed by atoms with Gasteiger partial charge in [-0.05, 0) is 45.0 Å². The number of nitrogens with zero attached hydrogens (tertiary/aromatic N) is 2. The van der Waals surface area contributed by atoms with Gasteiger partial charge in [-0.15, -0.1) is 0 Å². The van der Waals surface area contributed by atoms with E-state index in [1.54, 1.807) is 4.90 Å². The molecule has 1 aliphatic carbocycles. The first-order valence-electron chi connectivity index (χ1n) is 11.9. The molecule has 3 heterocycles. The summed E-state index contributed by atoms with van der Waals surface area (Å²) in [6, 6.07) is 4.67. The first kappa shape index (κ1) is 25.7. The van der Waals surface area contributed by atoms with Crippen molar-refractivity contribution in [2.45, 2.75) is 37.4 Å². The lowest BCUT2D eigenvalue weighted by atomic mass is 9.54. The monoisotopic (exact) mass is 537 g/mol. The van der Waals surface area contributed by atoms with Crippen molar-refractivity contribution in [3.63, 3.8) is 0 Å². The molecule has 12 heteroatoms. The Morgan fingerprint density at radius 1 is 1.22 bits per heavy atom. The maximum absolute atomic E-state index is 15.4. The van der Waals surface area contributed by atoms with Gasteiger partial charge < -0.3 is 24.4 Å². The van der Waals surface area contributed by atoms with Crippen molar-refractivity contribution in [3.05, 3.63) is 42.1 Å². The van der Waals surface area contributed by atoms with Gasteiger partial charge in [0.2, 0.25) is 5.82 Å². The number of halogens is 2. The number of carbonyl (C=O) groups excluding carboxylic acids is 1. The van der Waals surface area contributed by atoms with Gasteiger partial charge in [-0.3, -0.25) is 0 Å². The fraction of sp³-hybridized carbons (Fsp3) is 0.520. The van der Waals surface area contributed by atoms with Crippen molar-refractivity contribution in [1.82, 2.24) is 9.88 Å². The van der Waals surface area contributed by atoms with Crippen LogP contribution in [0, 0.1) is 28.9 Å². The van der Waals surface area contributed by atoms with E-state index in [-0.39, 0.29) is 39.4 Å². The Bertz CT molecular complexity index is 1350. The molecule has 200 valence electrons. The smallest absolute Gasteiger partial charge is 0.410 e. The summed E-state index contributed by atoms with van der Waals surface area (Å²) in [5, 5.41) is 2.64. The average molecular weight is 538 g/mol. The van der Waals surface area contributed by atoms with Crippen LogP contribution in [0.4, 0.5) is 25.0 Å². The van der Waals surface area contributed by atoms with E-state index in [2.05, 4.69) is 10.3 Å². The second-order valence-electron chi connectivity index (χ2n) is 10.9. The third-order valence-corrected chi connectivity index (χ3v) is 8.35. The van der Waals surface area contributed by atoms with Crippen LogP contribution in [0.25, 0.3) is 0 Å². The number of nitrogens with one attached hydrogen (secondary N) is 1. The van der Waals surface area contributed by atoms with Gasteiger partial charge >= 0.3 is 6.09 Å². The second kappa shape index (κ2) is 8.80. The topological polar surface area (TPSA) is 107 Å². The van der Waals surface area contributed by atoms with E-state index in [0.29, 0.717) is 26.3 Å². The number of pyridine rings is 1. The Balaban J connectivity index is 1.33. The standard InChI is InChI=1S/C25H29F2N3O6S/c1-24(2,3)36-23(31)30-10-15-21(16-11-34-13-25(15,16)12-30)35-22-20(27)19(7-8-28-22)29-18-6-5-14(9-17(18)26)37(4,32)33/h5-9,15-16,21H,10-13H2,1-4H3,(H,28,29). The van der Waals surface area contributed by atoms with E-state index in [1.807, 2.05) is 20.8 Å². The molecular formula is C25H29F2N3O6S. The predicted octanol–water partition coefficient (Wildman–Crippen LogP) is 3.77. The lowest BCUT2D eigenvalue weighted by Crippen LogP contribution is -2.61. The zero-order valence-electron chi connectivity index (χ0n) is 21.0. The molecule has 1 N–H and O–H groups in total. The zero-order chi connectivity index (χ0) is 26.8. The molecule has 1 spiro atoms. The number of likely N-dealkylation sites (tertiary alicyclic amines) is 1. The summed E-state index contributed by atoms with van der Waals surface area (Å²) in [7, 11) is -3.59. The van der Waals surface area contributed by atoms with Gasteiger partial charge in [0.25, 0.3) is 5.88 Å².